The lowest BCUT2D eigenvalue weighted by atomic mass is 9.86. The predicted octanol–water partition coefficient (Wildman–Crippen LogP) is 3.72. The quantitative estimate of drug-likeness (QED) is 0.859. The van der Waals surface area contributed by atoms with E-state index in [0.717, 1.165) is 18.6 Å². The molecule has 0 N–H and O–H groups in total. The summed E-state index contributed by atoms with van der Waals surface area (Å²) in [6, 6.07) is 10.7. The van der Waals surface area contributed by atoms with E-state index in [1.54, 1.807) is 7.11 Å². The van der Waals surface area contributed by atoms with E-state index >= 15 is 0 Å². The van der Waals surface area contributed by atoms with Gasteiger partial charge in [0.1, 0.15) is 5.75 Å². The Bertz CT molecular complexity index is 677. The van der Waals surface area contributed by atoms with Crippen molar-refractivity contribution in [2.24, 2.45) is 0 Å². The highest BCUT2D eigenvalue weighted by atomic mass is 16.5. The number of rotatable bonds is 4. The van der Waals surface area contributed by atoms with Crippen LogP contribution in [-0.2, 0) is 6.42 Å². The van der Waals surface area contributed by atoms with Crippen LogP contribution >= 0.6 is 0 Å². The van der Waals surface area contributed by atoms with E-state index < -0.39 is 0 Å². The van der Waals surface area contributed by atoms with E-state index in [9.17, 15) is 0 Å². The largest absolute Gasteiger partial charge is 0.496 e. The summed E-state index contributed by atoms with van der Waals surface area (Å²) in [5.41, 5.74) is 5.26. The fraction of sp³-hybridized carbons (Fsp3) is 0.316. The minimum Gasteiger partial charge on any atom is -0.496 e. The van der Waals surface area contributed by atoms with Gasteiger partial charge in [0.15, 0.2) is 0 Å². The molecule has 1 heterocycles. The Balaban J connectivity index is 2.01. The zero-order valence-corrected chi connectivity index (χ0v) is 13.4. The summed E-state index contributed by atoms with van der Waals surface area (Å²) in [5.74, 6) is 0.996. The number of methoxy groups -OCH3 is 1. The van der Waals surface area contributed by atoms with Gasteiger partial charge in [-0.3, -0.25) is 9.88 Å². The molecule has 0 bridgehead atoms. The van der Waals surface area contributed by atoms with Crippen LogP contribution in [0.2, 0.25) is 0 Å². The minimum absolute atomic E-state index is 0.271. The summed E-state index contributed by atoms with van der Waals surface area (Å²) >= 11 is 0. The van der Waals surface area contributed by atoms with E-state index in [4.69, 9.17) is 4.74 Å². The van der Waals surface area contributed by atoms with E-state index in [0.29, 0.717) is 0 Å². The Morgan fingerprint density at radius 3 is 2.68 bits per heavy atom. The number of pyridine rings is 1. The zero-order chi connectivity index (χ0) is 15.5. The molecule has 1 aliphatic carbocycles. The summed E-state index contributed by atoms with van der Waals surface area (Å²) in [6.45, 7) is 0. The van der Waals surface area contributed by atoms with Crippen molar-refractivity contribution >= 4 is 6.08 Å². The summed E-state index contributed by atoms with van der Waals surface area (Å²) in [6.07, 6.45) is 8.18. The van der Waals surface area contributed by atoms with Crippen LogP contribution in [-0.4, -0.2) is 31.1 Å². The summed E-state index contributed by atoms with van der Waals surface area (Å²) in [7, 11) is 5.99. The minimum atomic E-state index is 0.271. The fourth-order valence-electron chi connectivity index (χ4n) is 3.32. The highest BCUT2D eigenvalue weighted by molar-refractivity contribution is 5.64. The van der Waals surface area contributed by atoms with Crippen LogP contribution in [0.1, 0.15) is 29.2 Å². The molecule has 1 aromatic carbocycles. The summed E-state index contributed by atoms with van der Waals surface area (Å²) < 4.78 is 5.49. The first kappa shape index (κ1) is 14.8. The number of benzene rings is 1. The van der Waals surface area contributed by atoms with Crippen molar-refractivity contribution in [2.75, 3.05) is 21.2 Å². The van der Waals surface area contributed by atoms with Gasteiger partial charge in [-0.25, -0.2) is 0 Å². The monoisotopic (exact) mass is 294 g/mol. The maximum Gasteiger partial charge on any atom is 0.122 e. The highest BCUT2D eigenvalue weighted by Gasteiger charge is 2.23. The Hall–Kier alpha value is -2.13. The lowest BCUT2D eigenvalue weighted by molar-refractivity contribution is 0.331. The SMILES string of the molecule is COc1cccc2c1CCC(C(c1cccnc1)N(C)C)=C2. The van der Waals surface area contributed by atoms with Gasteiger partial charge in [-0.2, -0.15) is 0 Å². The first-order chi connectivity index (χ1) is 10.7. The predicted molar refractivity (Wildman–Crippen MR) is 90.0 cm³/mol. The number of nitrogens with zero attached hydrogens (tertiary/aromatic N) is 2. The fourth-order valence-corrected chi connectivity index (χ4v) is 3.32. The van der Waals surface area contributed by atoms with Crippen LogP contribution in [0.4, 0.5) is 0 Å². The number of ether oxygens (including phenoxy) is 1. The average Bonchev–Trinajstić information content (AvgIpc) is 2.55. The van der Waals surface area contributed by atoms with Gasteiger partial charge in [0, 0.05) is 18.0 Å². The van der Waals surface area contributed by atoms with Gasteiger partial charge in [0.25, 0.3) is 0 Å². The Morgan fingerprint density at radius 1 is 1.14 bits per heavy atom. The second-order valence-electron chi connectivity index (χ2n) is 5.90. The number of hydrogen-bond acceptors (Lipinski definition) is 3. The van der Waals surface area contributed by atoms with Gasteiger partial charge in [0.05, 0.1) is 13.2 Å². The molecule has 0 radical (unpaired) electrons. The molecule has 3 nitrogen and oxygen atoms in total. The zero-order valence-electron chi connectivity index (χ0n) is 13.4. The van der Waals surface area contributed by atoms with Crippen LogP contribution in [0.3, 0.4) is 0 Å². The average molecular weight is 294 g/mol. The van der Waals surface area contributed by atoms with Gasteiger partial charge in [-0.1, -0.05) is 24.3 Å². The van der Waals surface area contributed by atoms with Gasteiger partial charge >= 0.3 is 0 Å². The van der Waals surface area contributed by atoms with Gasteiger partial charge in [0.2, 0.25) is 0 Å². The van der Waals surface area contributed by atoms with Crippen molar-refractivity contribution in [1.82, 2.24) is 9.88 Å². The molecule has 3 heteroatoms. The smallest absolute Gasteiger partial charge is 0.122 e. The van der Waals surface area contributed by atoms with Crippen molar-refractivity contribution < 1.29 is 4.74 Å². The molecule has 22 heavy (non-hydrogen) atoms. The van der Waals surface area contributed by atoms with Gasteiger partial charge < -0.3 is 4.74 Å². The second-order valence-corrected chi connectivity index (χ2v) is 5.90. The Morgan fingerprint density at radius 2 is 2.00 bits per heavy atom. The Labute approximate surface area is 132 Å². The molecule has 3 rings (SSSR count). The molecule has 1 aliphatic rings. The van der Waals surface area contributed by atoms with Crippen LogP contribution < -0.4 is 4.74 Å². The lowest BCUT2D eigenvalue weighted by Gasteiger charge is -2.30. The van der Waals surface area contributed by atoms with E-state index in [2.05, 4.69) is 48.3 Å². The maximum atomic E-state index is 5.49. The first-order valence-corrected chi connectivity index (χ1v) is 7.63. The standard InChI is InChI=1S/C19H22N2O/c1-21(2)19(16-7-5-11-20-13-16)15-9-10-17-14(12-15)6-4-8-18(17)22-3/h4-8,11-13,19H,9-10H2,1-3H3. The lowest BCUT2D eigenvalue weighted by Crippen LogP contribution is -2.23. The molecule has 0 aliphatic heterocycles. The van der Waals surface area contributed by atoms with Gasteiger partial charge in [-0.05, 0) is 55.8 Å². The molecule has 114 valence electrons. The number of hydrogen-bond donors (Lipinski definition) is 0. The summed E-state index contributed by atoms with van der Waals surface area (Å²) in [5, 5.41) is 0. The number of likely N-dealkylation sites (N-methyl/N-ethyl adjacent to an activating group) is 1. The van der Waals surface area contributed by atoms with E-state index in [1.165, 1.54) is 22.3 Å². The van der Waals surface area contributed by atoms with E-state index in [1.807, 2.05) is 24.5 Å². The Kier molecular flexibility index (Phi) is 4.25. The molecule has 0 saturated heterocycles. The third-order valence-electron chi connectivity index (χ3n) is 4.26. The summed E-state index contributed by atoms with van der Waals surface area (Å²) in [4.78, 5) is 6.54. The molecule has 0 fully saturated rings. The number of aromatic nitrogens is 1. The molecule has 0 spiro atoms. The molecule has 2 aromatic rings. The molecule has 1 atom stereocenters. The van der Waals surface area contributed by atoms with Crippen molar-refractivity contribution in [3.05, 3.63) is 65.0 Å². The molecular formula is C19H22N2O. The topological polar surface area (TPSA) is 25.4 Å². The van der Waals surface area contributed by atoms with Gasteiger partial charge in [-0.15, -0.1) is 0 Å². The molecule has 1 aromatic heterocycles. The van der Waals surface area contributed by atoms with Crippen molar-refractivity contribution in [3.63, 3.8) is 0 Å². The van der Waals surface area contributed by atoms with E-state index in [-0.39, 0.29) is 6.04 Å². The van der Waals surface area contributed by atoms with Crippen LogP contribution in [0.5, 0.6) is 5.75 Å². The van der Waals surface area contributed by atoms with Crippen molar-refractivity contribution in [2.45, 2.75) is 18.9 Å². The molecular weight excluding hydrogens is 272 g/mol. The second kappa shape index (κ2) is 6.32. The third kappa shape index (κ3) is 2.77. The third-order valence-corrected chi connectivity index (χ3v) is 4.26. The maximum absolute atomic E-state index is 5.49. The molecule has 0 amide bonds. The van der Waals surface area contributed by atoms with Crippen molar-refractivity contribution in [1.29, 1.82) is 0 Å². The van der Waals surface area contributed by atoms with Crippen molar-refractivity contribution in [3.8, 4) is 5.75 Å². The highest BCUT2D eigenvalue weighted by Crippen LogP contribution is 2.37. The van der Waals surface area contributed by atoms with Crippen LogP contribution in [0.25, 0.3) is 6.08 Å². The molecule has 0 saturated carbocycles. The van der Waals surface area contributed by atoms with Crippen LogP contribution in [0, 0.1) is 0 Å². The number of fused-ring (bicyclic) bond motifs is 1. The van der Waals surface area contributed by atoms with Crippen LogP contribution in [0.15, 0.2) is 48.3 Å². The normalized spacial score (nSPS) is 15.2. The molecule has 1 unspecified atom stereocenters. The first-order valence-electron chi connectivity index (χ1n) is 7.63.